The van der Waals surface area contributed by atoms with Gasteiger partial charge in [-0.25, -0.2) is 0 Å². The smallest absolute Gasteiger partial charge is 0.137 e. The van der Waals surface area contributed by atoms with Crippen LogP contribution in [0.1, 0.15) is 22.3 Å². The van der Waals surface area contributed by atoms with Crippen molar-refractivity contribution in [2.45, 2.75) is 5.41 Å². The van der Waals surface area contributed by atoms with Gasteiger partial charge in [0.05, 0.1) is 22.2 Å². The van der Waals surface area contributed by atoms with Gasteiger partial charge in [-0.2, -0.15) is 0 Å². The van der Waals surface area contributed by atoms with Crippen molar-refractivity contribution in [3.8, 4) is 33.4 Å². The van der Waals surface area contributed by atoms with Gasteiger partial charge >= 0.3 is 0 Å². The first kappa shape index (κ1) is 36.7. The highest BCUT2D eigenvalue weighted by Crippen LogP contribution is 2.57. The Kier molecular flexibility index (Phi) is 8.34. The second kappa shape index (κ2) is 14.6. The van der Waals surface area contributed by atoms with Crippen LogP contribution in [0, 0.1) is 0 Å². The Hall–Kier alpha value is -7.98. The molecule has 0 fully saturated rings. The van der Waals surface area contributed by atoms with Crippen LogP contribution in [-0.2, 0) is 5.41 Å². The van der Waals surface area contributed by atoms with Crippen LogP contribution in [0.4, 0.5) is 17.1 Å². The van der Waals surface area contributed by atoms with Crippen LogP contribution in [0.2, 0.25) is 0 Å². The van der Waals surface area contributed by atoms with Gasteiger partial charge in [0.15, 0.2) is 0 Å². The van der Waals surface area contributed by atoms with E-state index in [-0.39, 0.29) is 0 Å². The summed E-state index contributed by atoms with van der Waals surface area (Å²) >= 11 is 1.85. The molecule has 10 aromatic carbocycles. The minimum absolute atomic E-state index is 0.555. The first-order valence-electron chi connectivity index (χ1n) is 21.9. The number of rotatable bonds is 7. The summed E-state index contributed by atoms with van der Waals surface area (Å²) in [6.07, 6.45) is 0. The number of thiophene rings is 1. The molecule has 2 aromatic heterocycles. The van der Waals surface area contributed by atoms with Crippen molar-refractivity contribution in [3.05, 3.63) is 259 Å². The summed E-state index contributed by atoms with van der Waals surface area (Å²) in [4.78, 5) is 2.51. The fourth-order valence-electron chi connectivity index (χ4n) is 10.6. The largest absolute Gasteiger partial charge is 0.456 e. The molecule has 64 heavy (non-hydrogen) atoms. The maximum Gasteiger partial charge on any atom is 0.137 e. The molecule has 3 heteroatoms. The monoisotopic (exact) mass is 833 g/mol. The lowest BCUT2D eigenvalue weighted by Crippen LogP contribution is -2.28. The fraction of sp³-hybridized carbons (Fsp3) is 0.0164. The van der Waals surface area contributed by atoms with Gasteiger partial charge in [0, 0.05) is 31.2 Å². The Morgan fingerprint density at radius 2 is 0.922 bits per heavy atom. The molecule has 300 valence electrons. The van der Waals surface area contributed by atoms with Gasteiger partial charge < -0.3 is 9.32 Å². The first-order valence-corrected chi connectivity index (χ1v) is 22.7. The van der Waals surface area contributed by atoms with E-state index in [1.54, 1.807) is 0 Å². The molecule has 0 spiro atoms. The van der Waals surface area contributed by atoms with E-state index in [0.29, 0.717) is 0 Å². The van der Waals surface area contributed by atoms with E-state index in [1.807, 2.05) is 11.3 Å². The van der Waals surface area contributed by atoms with Gasteiger partial charge in [0.25, 0.3) is 0 Å². The quantitative estimate of drug-likeness (QED) is 0.159. The van der Waals surface area contributed by atoms with Crippen molar-refractivity contribution in [3.63, 3.8) is 0 Å². The van der Waals surface area contributed by atoms with Crippen molar-refractivity contribution in [2.24, 2.45) is 0 Å². The summed E-state index contributed by atoms with van der Waals surface area (Å²) in [6.45, 7) is 0. The topological polar surface area (TPSA) is 16.4 Å². The van der Waals surface area contributed by atoms with Gasteiger partial charge in [-0.1, -0.05) is 176 Å². The normalized spacial score (nSPS) is 12.8. The Morgan fingerprint density at radius 1 is 0.359 bits per heavy atom. The van der Waals surface area contributed by atoms with Gasteiger partial charge in [-0.05, 0) is 116 Å². The van der Waals surface area contributed by atoms with Crippen LogP contribution < -0.4 is 4.90 Å². The van der Waals surface area contributed by atoms with Crippen LogP contribution >= 0.6 is 11.3 Å². The second-order valence-corrected chi connectivity index (χ2v) is 17.8. The molecule has 0 saturated carbocycles. The van der Waals surface area contributed by atoms with E-state index in [4.69, 9.17) is 4.42 Å². The van der Waals surface area contributed by atoms with E-state index < -0.39 is 5.41 Å². The molecule has 2 heterocycles. The molecule has 12 aromatic rings. The van der Waals surface area contributed by atoms with Crippen LogP contribution in [0.3, 0.4) is 0 Å². The Labute approximate surface area is 375 Å². The van der Waals surface area contributed by atoms with E-state index in [0.717, 1.165) is 44.6 Å². The third kappa shape index (κ3) is 5.51. The lowest BCUT2D eigenvalue weighted by atomic mass is 9.67. The highest BCUT2D eigenvalue weighted by atomic mass is 32.1. The number of anilines is 3. The molecule has 0 bridgehead atoms. The van der Waals surface area contributed by atoms with Crippen molar-refractivity contribution < 1.29 is 4.42 Å². The number of benzene rings is 10. The summed E-state index contributed by atoms with van der Waals surface area (Å²) < 4.78 is 9.25. The number of nitrogens with zero attached hydrogens (tertiary/aromatic N) is 1. The van der Waals surface area contributed by atoms with Crippen LogP contribution in [0.25, 0.3) is 75.5 Å². The number of hydrogen-bond acceptors (Lipinski definition) is 3. The predicted octanol–water partition coefficient (Wildman–Crippen LogP) is 17.1. The van der Waals surface area contributed by atoms with Crippen LogP contribution in [-0.4, -0.2) is 0 Å². The molecule has 0 amide bonds. The zero-order valence-corrected chi connectivity index (χ0v) is 35.6. The van der Waals surface area contributed by atoms with Gasteiger partial charge in [-0.3, -0.25) is 0 Å². The first-order chi connectivity index (χ1) is 31.7. The van der Waals surface area contributed by atoms with Gasteiger partial charge in [-0.15, -0.1) is 11.3 Å². The lowest BCUT2D eigenvalue weighted by Gasteiger charge is -2.35. The van der Waals surface area contributed by atoms with Crippen molar-refractivity contribution in [1.82, 2.24) is 0 Å². The Morgan fingerprint density at radius 3 is 1.62 bits per heavy atom. The van der Waals surface area contributed by atoms with E-state index >= 15 is 0 Å². The van der Waals surface area contributed by atoms with Crippen molar-refractivity contribution in [1.29, 1.82) is 0 Å². The minimum atomic E-state index is -0.555. The highest BCUT2D eigenvalue weighted by molar-refractivity contribution is 7.26. The molecule has 1 aliphatic carbocycles. The molecular formula is C61H39NOS. The molecular weight excluding hydrogens is 795 g/mol. The number of hydrogen-bond donors (Lipinski definition) is 0. The molecule has 0 aliphatic heterocycles. The summed E-state index contributed by atoms with van der Waals surface area (Å²) in [6, 6.07) is 86.6. The summed E-state index contributed by atoms with van der Waals surface area (Å²) in [5, 5.41) is 4.64. The third-order valence-corrected chi connectivity index (χ3v) is 14.5. The molecule has 0 saturated heterocycles. The van der Waals surface area contributed by atoms with Crippen molar-refractivity contribution >= 4 is 70.5 Å². The SMILES string of the molecule is c1ccc(-c2ccc3oc4cccc(N(c5cccc(C6(c7ccccc7)c7ccccc7-c7ccccc76)c5)c5cccc6sc7ccc(-c8ccccc8)cc7c56)c4c3c2)cc1. The Balaban J connectivity index is 1.12. The molecule has 1 aliphatic rings. The van der Waals surface area contributed by atoms with Crippen LogP contribution in [0.5, 0.6) is 0 Å². The second-order valence-electron chi connectivity index (χ2n) is 16.8. The molecule has 0 atom stereocenters. The number of fused-ring (bicyclic) bond motifs is 9. The fourth-order valence-corrected chi connectivity index (χ4v) is 11.7. The standard InChI is InChI=1S/C61H39NOS/c1-4-17-40(18-5-1)42-33-35-55-49(37-42)59-53(29-15-31-56(59)63-55)62(54-30-16-32-58-60(54)50-38-43(34-36-57(50)64-58)41-19-6-2-7-20-41)46-24-14-23-45(39-46)61(44-21-8-3-9-22-44)51-27-12-10-25-47(51)48-26-11-13-28-52(48)61/h1-39H. The maximum atomic E-state index is 6.75. The molecule has 13 rings (SSSR count). The zero-order chi connectivity index (χ0) is 42.2. The van der Waals surface area contributed by atoms with Crippen molar-refractivity contribution in [2.75, 3.05) is 4.90 Å². The summed E-state index contributed by atoms with van der Waals surface area (Å²) in [5.41, 5.74) is 16.7. The third-order valence-electron chi connectivity index (χ3n) is 13.3. The highest BCUT2D eigenvalue weighted by Gasteiger charge is 2.46. The molecule has 0 N–H and O–H groups in total. The number of furan rings is 1. The van der Waals surface area contributed by atoms with E-state index in [2.05, 4.69) is 241 Å². The van der Waals surface area contributed by atoms with Crippen LogP contribution in [0.15, 0.2) is 241 Å². The van der Waals surface area contributed by atoms with Gasteiger partial charge in [0.1, 0.15) is 11.2 Å². The van der Waals surface area contributed by atoms with E-state index in [9.17, 15) is 0 Å². The Bertz CT molecular complexity index is 3530. The van der Waals surface area contributed by atoms with Gasteiger partial charge in [0.2, 0.25) is 0 Å². The maximum absolute atomic E-state index is 6.75. The summed E-state index contributed by atoms with van der Waals surface area (Å²) in [7, 11) is 0. The average Bonchev–Trinajstić information content (AvgIpc) is 4.04. The molecule has 0 radical (unpaired) electrons. The molecule has 0 unspecified atom stereocenters. The predicted molar refractivity (Wildman–Crippen MR) is 269 cm³/mol. The zero-order valence-electron chi connectivity index (χ0n) is 34.8. The lowest BCUT2D eigenvalue weighted by molar-refractivity contribution is 0.669. The molecule has 2 nitrogen and oxygen atoms in total. The minimum Gasteiger partial charge on any atom is -0.456 e. The van der Waals surface area contributed by atoms with E-state index in [1.165, 1.54) is 70.2 Å². The average molecular weight is 834 g/mol. The summed E-state index contributed by atoms with van der Waals surface area (Å²) in [5.74, 6) is 0.